The van der Waals surface area contributed by atoms with E-state index in [1.807, 2.05) is 23.6 Å². The molecule has 7 nitrogen and oxygen atoms in total. The maximum Gasteiger partial charge on any atom is 0.217 e. The lowest BCUT2D eigenvalue weighted by molar-refractivity contribution is -0.118. The Bertz CT molecular complexity index is 781. The Morgan fingerprint density at radius 3 is 3.04 bits per heavy atom. The predicted octanol–water partition coefficient (Wildman–Crippen LogP) is 2.53. The highest BCUT2D eigenvalue weighted by atomic mass is 35.5. The van der Waals surface area contributed by atoms with Crippen molar-refractivity contribution < 1.29 is 14.3 Å². The van der Waals surface area contributed by atoms with Crippen LogP contribution in [0.1, 0.15) is 30.3 Å². The first kappa shape index (κ1) is 18.0. The lowest BCUT2D eigenvalue weighted by atomic mass is 10.1. The van der Waals surface area contributed by atoms with Gasteiger partial charge in [-0.3, -0.25) is 4.79 Å². The Morgan fingerprint density at radius 2 is 2.28 bits per heavy atom. The first-order chi connectivity index (χ1) is 12.1. The van der Waals surface area contributed by atoms with Gasteiger partial charge in [0.15, 0.2) is 11.9 Å². The molecule has 0 unspecified atom stereocenters. The lowest BCUT2D eigenvalue weighted by Crippen LogP contribution is -2.13. The Kier molecular flexibility index (Phi) is 5.82. The van der Waals surface area contributed by atoms with Gasteiger partial charge in [-0.15, -0.1) is 10.2 Å². The number of thioether (sulfide) groups is 1. The summed E-state index contributed by atoms with van der Waals surface area (Å²) in [5, 5.41) is 9.87. The Balaban J connectivity index is 1.76. The molecule has 1 aliphatic heterocycles. The van der Waals surface area contributed by atoms with Crippen molar-refractivity contribution in [1.29, 1.82) is 0 Å². The highest BCUT2D eigenvalue weighted by Gasteiger charge is 2.18. The van der Waals surface area contributed by atoms with E-state index in [9.17, 15) is 4.79 Å². The summed E-state index contributed by atoms with van der Waals surface area (Å²) in [7, 11) is 0. The number of rotatable bonds is 7. The van der Waals surface area contributed by atoms with Crippen LogP contribution in [0.4, 0.5) is 0 Å². The van der Waals surface area contributed by atoms with E-state index in [0.29, 0.717) is 23.8 Å². The molecule has 0 saturated carbocycles. The van der Waals surface area contributed by atoms with Gasteiger partial charge in [0.1, 0.15) is 11.6 Å². The topological polar surface area (TPSA) is 92.3 Å². The molecule has 25 heavy (non-hydrogen) atoms. The molecule has 1 amide bonds. The van der Waals surface area contributed by atoms with E-state index in [4.69, 9.17) is 26.8 Å². The van der Waals surface area contributed by atoms with Gasteiger partial charge in [-0.1, -0.05) is 23.4 Å². The number of aryl methyl sites for hydroxylation is 1. The molecular formula is C16H19ClN4O3S. The zero-order valence-electron chi connectivity index (χ0n) is 13.8. The van der Waals surface area contributed by atoms with Crippen molar-refractivity contribution >= 4 is 29.3 Å². The van der Waals surface area contributed by atoms with Crippen molar-refractivity contribution in [2.45, 2.75) is 43.8 Å². The van der Waals surface area contributed by atoms with Crippen molar-refractivity contribution in [2.24, 2.45) is 5.73 Å². The van der Waals surface area contributed by atoms with Gasteiger partial charge >= 0.3 is 0 Å². The number of primary amides is 1. The first-order valence-corrected chi connectivity index (χ1v) is 9.29. The van der Waals surface area contributed by atoms with E-state index in [-0.39, 0.29) is 19.1 Å². The molecule has 3 rings (SSSR count). The van der Waals surface area contributed by atoms with Crippen LogP contribution < -0.4 is 10.5 Å². The van der Waals surface area contributed by atoms with E-state index in [1.54, 1.807) is 11.8 Å². The fraction of sp³-hybridized carbons (Fsp3) is 0.438. The minimum absolute atomic E-state index is 0.245. The average Bonchev–Trinajstić information content (AvgIpc) is 2.99. The summed E-state index contributed by atoms with van der Waals surface area (Å²) in [6.45, 7) is 3.48. The number of fused-ring (bicyclic) bond motifs is 1. The fourth-order valence-corrected chi connectivity index (χ4v) is 3.92. The number of carbonyl (C=O) groups is 1. The monoisotopic (exact) mass is 382 g/mol. The summed E-state index contributed by atoms with van der Waals surface area (Å²) in [6.07, 6.45) is 0.752. The van der Waals surface area contributed by atoms with Gasteiger partial charge in [0.25, 0.3) is 0 Å². The number of carbonyl (C=O) groups excluding carboxylic acids is 1. The van der Waals surface area contributed by atoms with Gasteiger partial charge in [-0.05, 0) is 19.1 Å². The molecular weight excluding hydrogens is 364 g/mol. The molecule has 1 aromatic heterocycles. The third kappa shape index (κ3) is 4.26. The third-order valence-electron chi connectivity index (χ3n) is 3.81. The SMILES string of the molecule is CCn1c(CCC(N)=O)nnc1SCc1cc(Cl)cc2c1OCOC2. The second-order valence-electron chi connectivity index (χ2n) is 5.56. The fourth-order valence-electron chi connectivity index (χ4n) is 2.67. The van der Waals surface area contributed by atoms with E-state index >= 15 is 0 Å². The van der Waals surface area contributed by atoms with Gasteiger partial charge < -0.3 is 19.8 Å². The number of nitrogens with two attached hydrogens (primary N) is 1. The number of hydrogen-bond donors (Lipinski definition) is 1. The van der Waals surface area contributed by atoms with Crippen LogP contribution in [0.3, 0.4) is 0 Å². The molecule has 2 heterocycles. The number of benzene rings is 1. The van der Waals surface area contributed by atoms with E-state index < -0.39 is 0 Å². The minimum Gasteiger partial charge on any atom is -0.467 e. The van der Waals surface area contributed by atoms with E-state index in [2.05, 4.69) is 10.2 Å². The van der Waals surface area contributed by atoms with E-state index in [0.717, 1.165) is 34.4 Å². The number of amides is 1. The predicted molar refractivity (Wildman–Crippen MR) is 94.5 cm³/mol. The molecule has 9 heteroatoms. The lowest BCUT2D eigenvalue weighted by Gasteiger charge is -2.21. The summed E-state index contributed by atoms with van der Waals surface area (Å²) >= 11 is 7.75. The van der Waals surface area contributed by atoms with Crippen LogP contribution in [0.15, 0.2) is 17.3 Å². The van der Waals surface area contributed by atoms with Crippen molar-refractivity contribution in [2.75, 3.05) is 6.79 Å². The number of halogens is 1. The van der Waals surface area contributed by atoms with Crippen molar-refractivity contribution in [3.05, 3.63) is 34.1 Å². The molecule has 134 valence electrons. The molecule has 1 aromatic carbocycles. The molecule has 2 N–H and O–H groups in total. The maximum atomic E-state index is 11.0. The molecule has 0 bridgehead atoms. The average molecular weight is 383 g/mol. The standard InChI is InChI=1S/C16H19ClN4O3S/c1-2-21-14(4-3-13(18)22)19-20-16(21)25-8-11-6-12(17)5-10-7-23-9-24-15(10)11/h5-6H,2-4,7-9H2,1H3,(H2,18,22). The summed E-state index contributed by atoms with van der Waals surface area (Å²) in [4.78, 5) is 11.0. The van der Waals surface area contributed by atoms with Crippen LogP contribution >= 0.6 is 23.4 Å². The van der Waals surface area contributed by atoms with Gasteiger partial charge in [0.2, 0.25) is 5.91 Å². The molecule has 0 saturated heterocycles. The molecule has 2 aromatic rings. The van der Waals surface area contributed by atoms with Gasteiger partial charge in [-0.25, -0.2) is 0 Å². The summed E-state index contributed by atoms with van der Waals surface area (Å²) in [6, 6.07) is 3.76. The molecule has 1 aliphatic rings. The number of aromatic nitrogens is 3. The maximum absolute atomic E-state index is 11.0. The van der Waals surface area contributed by atoms with Crippen molar-refractivity contribution in [3.63, 3.8) is 0 Å². The van der Waals surface area contributed by atoms with Crippen LogP contribution in [-0.4, -0.2) is 27.5 Å². The minimum atomic E-state index is -0.343. The smallest absolute Gasteiger partial charge is 0.217 e. The Hall–Kier alpha value is -1.77. The zero-order valence-corrected chi connectivity index (χ0v) is 15.4. The van der Waals surface area contributed by atoms with Crippen LogP contribution in [0.2, 0.25) is 5.02 Å². The molecule has 0 spiro atoms. The van der Waals surface area contributed by atoms with E-state index in [1.165, 1.54) is 0 Å². The van der Waals surface area contributed by atoms with Gasteiger partial charge in [0, 0.05) is 41.3 Å². The van der Waals surface area contributed by atoms with Crippen molar-refractivity contribution in [3.8, 4) is 5.75 Å². The second-order valence-corrected chi connectivity index (χ2v) is 6.94. The Labute approximate surface area is 154 Å². The van der Waals surface area contributed by atoms with Gasteiger partial charge in [0.05, 0.1) is 6.61 Å². The third-order valence-corrected chi connectivity index (χ3v) is 5.05. The van der Waals surface area contributed by atoms with Crippen LogP contribution in [-0.2, 0) is 34.9 Å². The normalized spacial score (nSPS) is 13.4. The summed E-state index contributed by atoms with van der Waals surface area (Å²) < 4.78 is 12.9. The zero-order chi connectivity index (χ0) is 17.8. The highest BCUT2D eigenvalue weighted by Crippen LogP contribution is 2.35. The second kappa shape index (κ2) is 8.07. The van der Waals surface area contributed by atoms with Crippen LogP contribution in [0.25, 0.3) is 0 Å². The van der Waals surface area contributed by atoms with Crippen LogP contribution in [0.5, 0.6) is 5.75 Å². The van der Waals surface area contributed by atoms with Crippen LogP contribution in [0, 0.1) is 0 Å². The molecule has 0 atom stereocenters. The summed E-state index contributed by atoms with van der Waals surface area (Å²) in [5.74, 6) is 1.91. The number of hydrogen-bond acceptors (Lipinski definition) is 6. The highest BCUT2D eigenvalue weighted by molar-refractivity contribution is 7.98. The summed E-state index contributed by atoms with van der Waals surface area (Å²) in [5.41, 5.74) is 7.17. The number of nitrogens with zero attached hydrogens (tertiary/aromatic N) is 3. The van der Waals surface area contributed by atoms with Gasteiger partial charge in [-0.2, -0.15) is 0 Å². The largest absolute Gasteiger partial charge is 0.467 e. The quantitative estimate of drug-likeness (QED) is 0.740. The molecule has 0 aliphatic carbocycles. The first-order valence-electron chi connectivity index (χ1n) is 7.93. The van der Waals surface area contributed by atoms with Crippen molar-refractivity contribution in [1.82, 2.24) is 14.8 Å². The Morgan fingerprint density at radius 1 is 1.44 bits per heavy atom. The molecule has 0 radical (unpaired) electrons. The molecule has 0 fully saturated rings. The number of ether oxygens (including phenoxy) is 2.